The first kappa shape index (κ1) is 27.6. The van der Waals surface area contributed by atoms with Crippen molar-refractivity contribution in [1.29, 1.82) is 0 Å². The van der Waals surface area contributed by atoms with Gasteiger partial charge in [-0.3, -0.25) is 9.59 Å². The van der Waals surface area contributed by atoms with E-state index in [9.17, 15) is 14.4 Å². The third-order valence-corrected chi connectivity index (χ3v) is 7.84. The first-order valence-electron chi connectivity index (χ1n) is 14.3. The smallest absolute Gasteiger partial charge is 0.318 e. The Morgan fingerprint density at radius 3 is 2.45 bits per heavy atom. The number of hydrogen-bond acceptors (Lipinski definition) is 3. The maximum atomic E-state index is 13.2. The van der Waals surface area contributed by atoms with Gasteiger partial charge in [-0.25, -0.2) is 4.79 Å². The van der Waals surface area contributed by atoms with E-state index in [1.54, 1.807) is 0 Å². The number of ketones is 1. The number of anilines is 1. The molecule has 0 aromatic heterocycles. The van der Waals surface area contributed by atoms with E-state index >= 15 is 0 Å². The summed E-state index contributed by atoms with van der Waals surface area (Å²) in [6.45, 7) is 8.60. The van der Waals surface area contributed by atoms with Gasteiger partial charge in [-0.05, 0) is 91.5 Å². The van der Waals surface area contributed by atoms with E-state index in [1.165, 1.54) is 18.1 Å². The summed E-state index contributed by atoms with van der Waals surface area (Å²) in [5, 5.41) is 5.97. The van der Waals surface area contributed by atoms with Gasteiger partial charge in [0.1, 0.15) is 5.78 Å². The number of fused-ring (bicyclic) bond motifs is 1. The average Bonchev–Trinajstić information content (AvgIpc) is 3.72. The summed E-state index contributed by atoms with van der Waals surface area (Å²) in [6, 6.07) is 22.4. The lowest BCUT2D eigenvalue weighted by Gasteiger charge is -2.34. The van der Waals surface area contributed by atoms with E-state index in [0.29, 0.717) is 37.6 Å². The molecule has 1 aliphatic carbocycles. The van der Waals surface area contributed by atoms with Crippen LogP contribution in [0.2, 0.25) is 0 Å². The molecule has 2 aliphatic rings. The number of amides is 3. The summed E-state index contributed by atoms with van der Waals surface area (Å²) in [4.78, 5) is 39.8. The Kier molecular flexibility index (Phi) is 7.79. The third-order valence-electron chi connectivity index (χ3n) is 7.84. The van der Waals surface area contributed by atoms with Gasteiger partial charge in [-0.15, -0.1) is 0 Å². The minimum atomic E-state index is -0.321. The lowest BCUT2D eigenvalue weighted by Crippen LogP contribution is -2.50. The highest BCUT2D eigenvalue weighted by atomic mass is 16.2. The van der Waals surface area contributed by atoms with E-state index in [-0.39, 0.29) is 23.4 Å². The highest BCUT2D eigenvalue weighted by molar-refractivity contribution is 5.90. The van der Waals surface area contributed by atoms with Crippen LogP contribution in [0.5, 0.6) is 0 Å². The predicted octanol–water partition coefficient (Wildman–Crippen LogP) is 6.48. The molecule has 6 heteroatoms. The molecule has 5 rings (SSSR count). The first-order valence-corrected chi connectivity index (χ1v) is 14.3. The van der Waals surface area contributed by atoms with Crippen molar-refractivity contribution in [2.45, 2.75) is 71.4 Å². The number of carbonyl (C=O) groups is 3. The van der Waals surface area contributed by atoms with E-state index in [1.807, 2.05) is 62.1 Å². The lowest BCUT2D eigenvalue weighted by molar-refractivity contribution is -0.120. The quantitative estimate of drug-likeness (QED) is 0.362. The van der Waals surface area contributed by atoms with Gasteiger partial charge < -0.3 is 15.5 Å². The monoisotopic (exact) mass is 537 g/mol. The maximum absolute atomic E-state index is 13.2. The van der Waals surface area contributed by atoms with Crippen LogP contribution in [0, 0.1) is 5.92 Å². The number of benzene rings is 3. The van der Waals surface area contributed by atoms with Gasteiger partial charge in [0, 0.05) is 43.6 Å². The van der Waals surface area contributed by atoms with E-state index in [4.69, 9.17) is 0 Å². The second-order valence-electron chi connectivity index (χ2n) is 12.2. The second kappa shape index (κ2) is 11.3. The molecular formula is C34H39N3O3. The standard InChI is InChI=1S/C34H39N3O3/c1-22(38)35-26-12-8-11-25(19-26)27-15-13-24(14-16-32(39)30-20-29(30)23-9-6-5-7-10-23)31-21-37(18-17-28(27)31)33(40)36-34(2,3)4/h5-13,15,19,29-30H,14,16-18,20-21H2,1-4H3,(H,35,38)(H,36,40)/t29-,30?/m0/s1. The normalized spacial score (nSPS) is 18.1. The summed E-state index contributed by atoms with van der Waals surface area (Å²) in [6.07, 6.45) is 2.84. The number of aryl methyl sites for hydroxylation is 1. The molecule has 1 unspecified atom stereocenters. The van der Waals surface area contributed by atoms with Crippen molar-refractivity contribution in [2.24, 2.45) is 5.92 Å². The molecule has 0 radical (unpaired) electrons. The molecule has 1 saturated carbocycles. The third kappa shape index (κ3) is 6.44. The zero-order chi connectivity index (χ0) is 28.4. The molecule has 1 fully saturated rings. The van der Waals surface area contributed by atoms with Crippen molar-refractivity contribution in [2.75, 3.05) is 11.9 Å². The van der Waals surface area contributed by atoms with Gasteiger partial charge in [-0.2, -0.15) is 0 Å². The number of Topliss-reactive ketones (excluding diaryl/α,β-unsaturated/α-hetero) is 1. The molecule has 1 aliphatic heterocycles. The fourth-order valence-electron chi connectivity index (χ4n) is 5.85. The lowest BCUT2D eigenvalue weighted by atomic mass is 9.86. The molecule has 40 heavy (non-hydrogen) atoms. The number of urea groups is 1. The fraction of sp³-hybridized carbons (Fsp3) is 0.382. The summed E-state index contributed by atoms with van der Waals surface area (Å²) < 4.78 is 0. The molecule has 0 spiro atoms. The Hall–Kier alpha value is -3.93. The fourth-order valence-corrected chi connectivity index (χ4v) is 5.85. The molecule has 3 aromatic rings. The molecule has 208 valence electrons. The SMILES string of the molecule is CC(=O)Nc1cccc(-c2ccc(CCC(=O)C3C[C@H]3c3ccccc3)c3c2CCN(C(=O)NC(C)(C)C)C3)c1. The van der Waals surface area contributed by atoms with E-state index < -0.39 is 0 Å². The Morgan fingerprint density at radius 2 is 1.73 bits per heavy atom. The summed E-state index contributed by atoms with van der Waals surface area (Å²) in [7, 11) is 0. The molecule has 6 nitrogen and oxygen atoms in total. The van der Waals surface area contributed by atoms with Crippen molar-refractivity contribution >= 4 is 23.4 Å². The van der Waals surface area contributed by atoms with Crippen LogP contribution in [0.3, 0.4) is 0 Å². The molecule has 0 bridgehead atoms. The number of hydrogen-bond donors (Lipinski definition) is 2. The second-order valence-corrected chi connectivity index (χ2v) is 12.2. The number of rotatable bonds is 7. The van der Waals surface area contributed by atoms with Gasteiger partial charge in [0.15, 0.2) is 0 Å². The molecule has 2 N–H and O–H groups in total. The number of nitrogens with one attached hydrogen (secondary N) is 2. The number of carbonyl (C=O) groups excluding carboxylic acids is 3. The Morgan fingerprint density at radius 1 is 0.950 bits per heavy atom. The summed E-state index contributed by atoms with van der Waals surface area (Å²) >= 11 is 0. The van der Waals surface area contributed by atoms with Crippen LogP contribution in [-0.2, 0) is 29.0 Å². The van der Waals surface area contributed by atoms with E-state index in [0.717, 1.165) is 40.8 Å². The molecule has 3 amide bonds. The van der Waals surface area contributed by atoms with Crippen molar-refractivity contribution in [3.05, 3.63) is 89.0 Å². The minimum Gasteiger partial charge on any atom is -0.333 e. The highest BCUT2D eigenvalue weighted by Gasteiger charge is 2.43. The summed E-state index contributed by atoms with van der Waals surface area (Å²) in [5.74, 6) is 0.679. The zero-order valence-electron chi connectivity index (χ0n) is 23.9. The maximum Gasteiger partial charge on any atom is 0.318 e. The largest absolute Gasteiger partial charge is 0.333 e. The molecule has 3 aromatic carbocycles. The van der Waals surface area contributed by atoms with E-state index in [2.05, 4.69) is 41.0 Å². The van der Waals surface area contributed by atoms with Crippen LogP contribution in [0.15, 0.2) is 66.7 Å². The van der Waals surface area contributed by atoms with Gasteiger partial charge in [0.2, 0.25) is 5.91 Å². The zero-order valence-corrected chi connectivity index (χ0v) is 23.9. The first-order chi connectivity index (χ1) is 19.1. The Bertz CT molecular complexity index is 1420. The van der Waals surface area contributed by atoms with Crippen LogP contribution in [0.4, 0.5) is 10.5 Å². The van der Waals surface area contributed by atoms with Crippen LogP contribution in [0.1, 0.15) is 68.7 Å². The van der Waals surface area contributed by atoms with Gasteiger partial charge in [0.25, 0.3) is 0 Å². The Balaban J connectivity index is 1.40. The minimum absolute atomic E-state index is 0.0677. The summed E-state index contributed by atoms with van der Waals surface area (Å²) in [5.41, 5.74) is 7.32. The number of nitrogens with zero attached hydrogens (tertiary/aromatic N) is 1. The Labute approximate surface area is 237 Å². The topological polar surface area (TPSA) is 78.5 Å². The van der Waals surface area contributed by atoms with Crippen molar-refractivity contribution in [3.8, 4) is 11.1 Å². The van der Waals surface area contributed by atoms with Gasteiger partial charge in [-0.1, -0.05) is 54.6 Å². The van der Waals surface area contributed by atoms with Crippen LogP contribution >= 0.6 is 0 Å². The van der Waals surface area contributed by atoms with Gasteiger partial charge in [0.05, 0.1) is 0 Å². The molecule has 0 saturated heterocycles. The molecule has 2 atom stereocenters. The van der Waals surface area contributed by atoms with Crippen LogP contribution in [-0.4, -0.2) is 34.7 Å². The van der Waals surface area contributed by atoms with Crippen molar-refractivity contribution in [1.82, 2.24) is 10.2 Å². The predicted molar refractivity (Wildman–Crippen MR) is 159 cm³/mol. The molecular weight excluding hydrogens is 498 g/mol. The highest BCUT2D eigenvalue weighted by Crippen LogP contribution is 2.48. The van der Waals surface area contributed by atoms with Crippen molar-refractivity contribution in [3.63, 3.8) is 0 Å². The van der Waals surface area contributed by atoms with Gasteiger partial charge >= 0.3 is 6.03 Å². The van der Waals surface area contributed by atoms with Crippen molar-refractivity contribution < 1.29 is 14.4 Å². The van der Waals surface area contributed by atoms with Crippen LogP contribution in [0.25, 0.3) is 11.1 Å². The average molecular weight is 538 g/mol. The molecule has 1 heterocycles. The van der Waals surface area contributed by atoms with Crippen LogP contribution < -0.4 is 10.6 Å².